The summed E-state index contributed by atoms with van der Waals surface area (Å²) in [7, 11) is 0. The minimum Gasteiger partial charge on any atom is -0.490 e. The van der Waals surface area contributed by atoms with E-state index in [1.54, 1.807) is 0 Å². The molecule has 1 rings (SSSR count). The molecule has 15 heavy (non-hydrogen) atoms. The van der Waals surface area contributed by atoms with Gasteiger partial charge in [-0.3, -0.25) is 0 Å². The summed E-state index contributed by atoms with van der Waals surface area (Å²) in [5.41, 5.74) is 1.38. The first-order chi connectivity index (χ1) is 7.30. The smallest absolute Gasteiger partial charge is 0.119 e. The Morgan fingerprint density at radius 1 is 1.13 bits per heavy atom. The number of hydrogen-bond donors (Lipinski definition) is 0. The van der Waals surface area contributed by atoms with E-state index in [1.165, 1.54) is 12.0 Å². The molecule has 0 bridgehead atoms. The predicted octanol–water partition coefficient (Wildman–Crippen LogP) is 4.21. The quantitative estimate of drug-likeness (QED) is 0.677. The highest BCUT2D eigenvalue weighted by Crippen LogP contribution is 2.17. The van der Waals surface area contributed by atoms with Gasteiger partial charge in [0.15, 0.2) is 0 Å². The summed E-state index contributed by atoms with van der Waals surface area (Å²) in [6, 6.07) is 8.48. The van der Waals surface area contributed by atoms with E-state index >= 15 is 0 Å². The normalized spacial score (nSPS) is 10.7. The second-order valence-corrected chi connectivity index (χ2v) is 3.95. The highest BCUT2D eigenvalue weighted by molar-refractivity contribution is 5.28. The zero-order valence-corrected chi connectivity index (χ0v) is 10.1. The SMILES string of the molecule is CCCc1cccc(OC(CC)CC)c1. The Balaban J connectivity index is 2.64. The fourth-order valence-electron chi connectivity index (χ4n) is 1.71. The van der Waals surface area contributed by atoms with Crippen LogP contribution in [0.15, 0.2) is 24.3 Å². The van der Waals surface area contributed by atoms with Crippen LogP contribution in [0, 0.1) is 0 Å². The van der Waals surface area contributed by atoms with E-state index in [0.717, 1.165) is 25.0 Å². The molecule has 0 unspecified atom stereocenters. The van der Waals surface area contributed by atoms with Crippen molar-refractivity contribution >= 4 is 0 Å². The lowest BCUT2D eigenvalue weighted by molar-refractivity contribution is 0.192. The molecule has 0 aliphatic rings. The van der Waals surface area contributed by atoms with Gasteiger partial charge in [0, 0.05) is 0 Å². The molecule has 0 amide bonds. The van der Waals surface area contributed by atoms with Crippen LogP contribution >= 0.6 is 0 Å². The third-order valence-electron chi connectivity index (χ3n) is 2.65. The predicted molar refractivity (Wildman–Crippen MR) is 65.4 cm³/mol. The lowest BCUT2D eigenvalue weighted by Gasteiger charge is -2.16. The van der Waals surface area contributed by atoms with Crippen LogP contribution < -0.4 is 4.74 Å². The Morgan fingerprint density at radius 3 is 2.47 bits per heavy atom. The molecule has 0 saturated carbocycles. The molecule has 0 aliphatic heterocycles. The maximum Gasteiger partial charge on any atom is 0.119 e. The van der Waals surface area contributed by atoms with Gasteiger partial charge in [0.1, 0.15) is 5.75 Å². The van der Waals surface area contributed by atoms with E-state index in [2.05, 4.69) is 45.0 Å². The molecule has 1 nitrogen and oxygen atoms in total. The van der Waals surface area contributed by atoms with E-state index in [-0.39, 0.29) is 0 Å². The van der Waals surface area contributed by atoms with Crippen LogP contribution in [0.4, 0.5) is 0 Å². The summed E-state index contributed by atoms with van der Waals surface area (Å²) in [6.07, 6.45) is 4.85. The number of rotatable bonds is 6. The maximum atomic E-state index is 5.90. The second-order valence-electron chi connectivity index (χ2n) is 3.95. The van der Waals surface area contributed by atoms with Crippen LogP contribution in [0.25, 0.3) is 0 Å². The fourth-order valence-corrected chi connectivity index (χ4v) is 1.71. The van der Waals surface area contributed by atoms with Crippen LogP contribution in [0.2, 0.25) is 0 Å². The third-order valence-corrected chi connectivity index (χ3v) is 2.65. The van der Waals surface area contributed by atoms with Crippen LogP contribution in [-0.4, -0.2) is 6.10 Å². The van der Waals surface area contributed by atoms with Crippen molar-refractivity contribution in [3.63, 3.8) is 0 Å². The monoisotopic (exact) mass is 206 g/mol. The Kier molecular flexibility index (Phi) is 5.23. The second kappa shape index (κ2) is 6.49. The summed E-state index contributed by atoms with van der Waals surface area (Å²) < 4.78 is 5.90. The molecular weight excluding hydrogens is 184 g/mol. The van der Waals surface area contributed by atoms with Gasteiger partial charge < -0.3 is 4.74 Å². The van der Waals surface area contributed by atoms with Crippen molar-refractivity contribution in [1.29, 1.82) is 0 Å². The minimum atomic E-state index is 0.363. The molecule has 0 aliphatic carbocycles. The van der Waals surface area contributed by atoms with E-state index in [0.29, 0.717) is 6.10 Å². The van der Waals surface area contributed by atoms with Crippen molar-refractivity contribution in [1.82, 2.24) is 0 Å². The van der Waals surface area contributed by atoms with Gasteiger partial charge in [-0.2, -0.15) is 0 Å². The van der Waals surface area contributed by atoms with Crippen molar-refractivity contribution in [2.45, 2.75) is 52.6 Å². The number of ether oxygens (including phenoxy) is 1. The lowest BCUT2D eigenvalue weighted by atomic mass is 10.1. The molecule has 0 radical (unpaired) electrons. The Hall–Kier alpha value is -0.980. The molecule has 0 N–H and O–H groups in total. The molecule has 0 spiro atoms. The maximum absolute atomic E-state index is 5.90. The van der Waals surface area contributed by atoms with E-state index in [9.17, 15) is 0 Å². The first-order valence-electron chi connectivity index (χ1n) is 6.05. The summed E-state index contributed by atoms with van der Waals surface area (Å²) >= 11 is 0. The van der Waals surface area contributed by atoms with Crippen LogP contribution in [0.5, 0.6) is 5.75 Å². The standard InChI is InChI=1S/C14H22O/c1-4-8-12-9-7-10-14(11-12)15-13(5-2)6-3/h7,9-11,13H,4-6,8H2,1-3H3. The van der Waals surface area contributed by atoms with Gasteiger partial charge in [0.05, 0.1) is 6.10 Å². The highest BCUT2D eigenvalue weighted by Gasteiger charge is 2.04. The molecule has 0 atom stereocenters. The van der Waals surface area contributed by atoms with Gasteiger partial charge in [-0.1, -0.05) is 39.3 Å². The molecular formula is C14H22O. The Morgan fingerprint density at radius 2 is 1.87 bits per heavy atom. The van der Waals surface area contributed by atoms with Gasteiger partial charge in [0.2, 0.25) is 0 Å². The van der Waals surface area contributed by atoms with Crippen molar-refractivity contribution in [2.24, 2.45) is 0 Å². The fraction of sp³-hybridized carbons (Fsp3) is 0.571. The zero-order chi connectivity index (χ0) is 11.1. The average molecular weight is 206 g/mol. The van der Waals surface area contributed by atoms with E-state index < -0.39 is 0 Å². The van der Waals surface area contributed by atoms with Gasteiger partial charge in [-0.15, -0.1) is 0 Å². The van der Waals surface area contributed by atoms with Gasteiger partial charge in [-0.05, 0) is 37.0 Å². The van der Waals surface area contributed by atoms with Gasteiger partial charge in [0.25, 0.3) is 0 Å². The Bertz CT molecular complexity index is 276. The van der Waals surface area contributed by atoms with E-state index in [4.69, 9.17) is 4.74 Å². The number of hydrogen-bond acceptors (Lipinski definition) is 1. The largest absolute Gasteiger partial charge is 0.490 e. The first-order valence-corrected chi connectivity index (χ1v) is 6.05. The zero-order valence-electron chi connectivity index (χ0n) is 10.1. The van der Waals surface area contributed by atoms with Crippen molar-refractivity contribution < 1.29 is 4.74 Å². The summed E-state index contributed by atoms with van der Waals surface area (Å²) in [5.74, 6) is 1.02. The molecule has 0 heterocycles. The lowest BCUT2D eigenvalue weighted by Crippen LogP contribution is -2.13. The van der Waals surface area contributed by atoms with Crippen molar-refractivity contribution in [2.75, 3.05) is 0 Å². The molecule has 84 valence electrons. The third kappa shape index (κ3) is 3.94. The molecule has 0 saturated heterocycles. The van der Waals surface area contributed by atoms with E-state index in [1.807, 2.05) is 0 Å². The van der Waals surface area contributed by atoms with Crippen LogP contribution in [-0.2, 0) is 6.42 Å². The summed E-state index contributed by atoms with van der Waals surface area (Å²) in [5, 5.41) is 0. The van der Waals surface area contributed by atoms with Crippen molar-refractivity contribution in [3.05, 3.63) is 29.8 Å². The van der Waals surface area contributed by atoms with Crippen molar-refractivity contribution in [3.8, 4) is 5.75 Å². The molecule has 1 aromatic rings. The Labute approximate surface area is 93.5 Å². The highest BCUT2D eigenvalue weighted by atomic mass is 16.5. The van der Waals surface area contributed by atoms with Gasteiger partial charge >= 0.3 is 0 Å². The first kappa shape index (κ1) is 12.1. The average Bonchev–Trinajstić information content (AvgIpc) is 2.27. The number of aryl methyl sites for hydroxylation is 1. The topological polar surface area (TPSA) is 9.23 Å². The van der Waals surface area contributed by atoms with Crippen LogP contribution in [0.3, 0.4) is 0 Å². The van der Waals surface area contributed by atoms with Gasteiger partial charge in [-0.25, -0.2) is 0 Å². The molecule has 1 heteroatoms. The summed E-state index contributed by atoms with van der Waals surface area (Å²) in [6.45, 7) is 6.54. The minimum absolute atomic E-state index is 0.363. The summed E-state index contributed by atoms with van der Waals surface area (Å²) in [4.78, 5) is 0. The molecule has 0 aromatic heterocycles. The molecule has 1 aromatic carbocycles. The number of benzene rings is 1. The van der Waals surface area contributed by atoms with Crippen LogP contribution in [0.1, 0.15) is 45.6 Å². The molecule has 0 fully saturated rings.